The molecule has 4 nitrogen and oxygen atoms in total. The monoisotopic (exact) mass is 326 g/mol. The highest BCUT2D eigenvalue weighted by Crippen LogP contribution is 2.18. The predicted octanol–water partition coefficient (Wildman–Crippen LogP) is 2.60. The maximum absolute atomic E-state index is 12.4. The van der Waals surface area contributed by atoms with Crippen LogP contribution in [0.25, 0.3) is 0 Å². The van der Waals surface area contributed by atoms with E-state index in [1.54, 1.807) is 0 Å². The van der Waals surface area contributed by atoms with Crippen LogP contribution in [-0.2, 0) is 16.1 Å². The van der Waals surface area contributed by atoms with Crippen molar-refractivity contribution in [2.24, 2.45) is 11.7 Å². The summed E-state index contributed by atoms with van der Waals surface area (Å²) in [5, 5.41) is 0. The van der Waals surface area contributed by atoms with Crippen LogP contribution in [0.5, 0.6) is 0 Å². The van der Waals surface area contributed by atoms with Gasteiger partial charge in [-0.25, -0.2) is 0 Å². The van der Waals surface area contributed by atoms with Crippen LogP contribution in [0.3, 0.4) is 0 Å². The van der Waals surface area contributed by atoms with E-state index in [9.17, 15) is 4.79 Å². The number of carbonyl (C=O) groups is 1. The van der Waals surface area contributed by atoms with Crippen molar-refractivity contribution in [3.8, 4) is 0 Å². The molecule has 124 valence electrons. The molecule has 1 unspecified atom stereocenters. The first-order valence-electron chi connectivity index (χ1n) is 7.80. The van der Waals surface area contributed by atoms with E-state index < -0.39 is 0 Å². The molecular weight excluding hydrogens is 300 g/mol. The third kappa shape index (κ3) is 6.34. The van der Waals surface area contributed by atoms with Gasteiger partial charge in [-0.2, -0.15) is 0 Å². The molecule has 0 saturated carbocycles. The second-order valence-electron chi connectivity index (χ2n) is 6.00. The highest BCUT2D eigenvalue weighted by Gasteiger charge is 2.22. The standard InChI is InChI=1S/C17H26N2O2.ClH/c1-14(18)11-17(20)19(12-15-5-3-2-4-6-15)13-16-7-9-21-10-8-16;/h2-6,14,16H,7-13,18H2,1H3;1H. The number of nitrogens with two attached hydrogens (primary N) is 1. The van der Waals surface area contributed by atoms with Crippen molar-refractivity contribution < 1.29 is 9.53 Å². The van der Waals surface area contributed by atoms with Crippen molar-refractivity contribution in [3.05, 3.63) is 35.9 Å². The number of hydrogen-bond acceptors (Lipinski definition) is 3. The first kappa shape index (κ1) is 18.9. The maximum atomic E-state index is 12.4. The van der Waals surface area contributed by atoms with Crippen molar-refractivity contribution in [1.29, 1.82) is 0 Å². The zero-order valence-electron chi connectivity index (χ0n) is 13.2. The average molecular weight is 327 g/mol. The molecule has 22 heavy (non-hydrogen) atoms. The molecule has 1 aliphatic rings. The minimum atomic E-state index is -0.0922. The second-order valence-corrected chi connectivity index (χ2v) is 6.00. The Morgan fingerprint density at radius 1 is 1.32 bits per heavy atom. The molecule has 0 aromatic heterocycles. The maximum Gasteiger partial charge on any atom is 0.224 e. The van der Waals surface area contributed by atoms with Crippen LogP contribution in [-0.4, -0.2) is 36.6 Å². The molecule has 0 spiro atoms. The Morgan fingerprint density at radius 2 is 1.95 bits per heavy atom. The number of carbonyl (C=O) groups excluding carboxylic acids is 1. The van der Waals surface area contributed by atoms with Gasteiger partial charge in [0.2, 0.25) is 5.91 Å². The summed E-state index contributed by atoms with van der Waals surface area (Å²) in [5.74, 6) is 0.694. The number of rotatable bonds is 6. The summed E-state index contributed by atoms with van der Waals surface area (Å²) < 4.78 is 5.40. The Kier molecular flexibility index (Phi) is 8.46. The normalized spacial score (nSPS) is 16.6. The quantitative estimate of drug-likeness (QED) is 0.874. The van der Waals surface area contributed by atoms with Gasteiger partial charge in [-0.1, -0.05) is 30.3 Å². The van der Waals surface area contributed by atoms with E-state index in [0.29, 0.717) is 18.9 Å². The summed E-state index contributed by atoms with van der Waals surface area (Å²) in [6.45, 7) is 4.98. The largest absolute Gasteiger partial charge is 0.381 e. The smallest absolute Gasteiger partial charge is 0.224 e. The van der Waals surface area contributed by atoms with Crippen LogP contribution in [0.1, 0.15) is 31.7 Å². The van der Waals surface area contributed by atoms with Crippen LogP contribution in [0, 0.1) is 5.92 Å². The van der Waals surface area contributed by atoms with Crippen LogP contribution in [0.2, 0.25) is 0 Å². The first-order chi connectivity index (χ1) is 10.1. The van der Waals surface area contributed by atoms with E-state index in [4.69, 9.17) is 10.5 Å². The fraction of sp³-hybridized carbons (Fsp3) is 0.588. The van der Waals surface area contributed by atoms with Gasteiger partial charge in [0.05, 0.1) is 0 Å². The van der Waals surface area contributed by atoms with E-state index in [1.807, 2.05) is 30.0 Å². The molecular formula is C17H27ClN2O2. The van der Waals surface area contributed by atoms with Gasteiger partial charge in [-0.15, -0.1) is 12.4 Å². The van der Waals surface area contributed by atoms with Crippen LogP contribution in [0.4, 0.5) is 0 Å². The molecule has 2 rings (SSSR count). The molecule has 1 amide bonds. The molecule has 2 N–H and O–H groups in total. The molecule has 1 atom stereocenters. The van der Waals surface area contributed by atoms with Gasteiger partial charge in [-0.05, 0) is 31.2 Å². The summed E-state index contributed by atoms with van der Waals surface area (Å²) in [4.78, 5) is 14.4. The molecule has 0 aliphatic carbocycles. The Labute approximate surface area is 139 Å². The molecule has 5 heteroatoms. The third-order valence-electron chi connectivity index (χ3n) is 3.89. The van der Waals surface area contributed by atoms with Gasteiger partial charge in [-0.3, -0.25) is 4.79 Å². The SMILES string of the molecule is CC(N)CC(=O)N(Cc1ccccc1)CC1CCOCC1.Cl. The topological polar surface area (TPSA) is 55.6 Å². The Hall–Kier alpha value is -1.10. The highest BCUT2D eigenvalue weighted by molar-refractivity contribution is 5.85. The lowest BCUT2D eigenvalue weighted by Gasteiger charge is -2.30. The fourth-order valence-electron chi connectivity index (χ4n) is 2.70. The van der Waals surface area contributed by atoms with Crippen molar-refractivity contribution in [3.63, 3.8) is 0 Å². The minimum absolute atomic E-state index is 0. The Morgan fingerprint density at radius 3 is 2.55 bits per heavy atom. The zero-order valence-corrected chi connectivity index (χ0v) is 14.1. The molecule has 1 heterocycles. The highest BCUT2D eigenvalue weighted by atomic mass is 35.5. The number of ether oxygens (including phenoxy) is 1. The summed E-state index contributed by atoms with van der Waals surface area (Å²) in [7, 11) is 0. The van der Waals surface area contributed by atoms with Crippen LogP contribution in [0.15, 0.2) is 30.3 Å². The summed E-state index contributed by atoms with van der Waals surface area (Å²) in [6, 6.07) is 10.1. The van der Waals surface area contributed by atoms with Crippen molar-refractivity contribution in [2.45, 2.75) is 38.8 Å². The van der Waals surface area contributed by atoms with Gasteiger partial charge < -0.3 is 15.4 Å². The van der Waals surface area contributed by atoms with Gasteiger partial charge >= 0.3 is 0 Å². The van der Waals surface area contributed by atoms with Gasteiger partial charge in [0.25, 0.3) is 0 Å². The van der Waals surface area contributed by atoms with E-state index >= 15 is 0 Å². The summed E-state index contributed by atoms with van der Waals surface area (Å²) in [6.07, 6.45) is 2.49. The van der Waals surface area contributed by atoms with Crippen molar-refractivity contribution in [2.75, 3.05) is 19.8 Å². The third-order valence-corrected chi connectivity index (χ3v) is 3.89. The molecule has 1 aromatic carbocycles. The summed E-state index contributed by atoms with van der Waals surface area (Å²) in [5.41, 5.74) is 6.96. The average Bonchev–Trinajstić information content (AvgIpc) is 2.48. The van der Waals surface area contributed by atoms with Gasteiger partial charge in [0, 0.05) is 38.8 Å². The van der Waals surface area contributed by atoms with Gasteiger partial charge in [0.1, 0.15) is 0 Å². The molecule has 0 bridgehead atoms. The first-order valence-corrected chi connectivity index (χ1v) is 7.80. The van der Waals surface area contributed by atoms with E-state index in [1.165, 1.54) is 5.56 Å². The molecule has 1 fully saturated rings. The predicted molar refractivity (Wildman–Crippen MR) is 90.9 cm³/mol. The van der Waals surface area contributed by atoms with E-state index in [0.717, 1.165) is 32.6 Å². The zero-order chi connectivity index (χ0) is 15.1. The number of hydrogen-bond donors (Lipinski definition) is 1. The van der Waals surface area contributed by atoms with Crippen LogP contribution >= 0.6 is 12.4 Å². The Bertz CT molecular complexity index is 434. The fourth-order valence-corrected chi connectivity index (χ4v) is 2.70. The lowest BCUT2D eigenvalue weighted by Crippen LogP contribution is -2.39. The Balaban J connectivity index is 0.00000242. The number of amides is 1. The van der Waals surface area contributed by atoms with E-state index in [2.05, 4.69) is 12.1 Å². The van der Waals surface area contributed by atoms with Crippen molar-refractivity contribution in [1.82, 2.24) is 4.90 Å². The minimum Gasteiger partial charge on any atom is -0.381 e. The lowest BCUT2D eigenvalue weighted by molar-refractivity contribution is -0.133. The van der Waals surface area contributed by atoms with Gasteiger partial charge in [0.15, 0.2) is 0 Å². The van der Waals surface area contributed by atoms with Crippen molar-refractivity contribution >= 4 is 18.3 Å². The number of halogens is 1. The molecule has 1 aromatic rings. The van der Waals surface area contributed by atoms with Crippen LogP contribution < -0.4 is 5.73 Å². The molecule has 1 saturated heterocycles. The second kappa shape index (κ2) is 9.82. The summed E-state index contributed by atoms with van der Waals surface area (Å²) >= 11 is 0. The lowest BCUT2D eigenvalue weighted by atomic mass is 9.99. The number of nitrogens with zero attached hydrogens (tertiary/aromatic N) is 1. The molecule has 0 radical (unpaired) electrons. The number of benzene rings is 1. The molecule has 1 aliphatic heterocycles. The van der Waals surface area contributed by atoms with E-state index in [-0.39, 0.29) is 24.4 Å².